The monoisotopic (exact) mass is 544 g/mol. The lowest BCUT2D eigenvalue weighted by Crippen LogP contribution is -2.46. The van der Waals surface area contributed by atoms with Crippen molar-refractivity contribution in [3.63, 3.8) is 0 Å². The molecule has 2 heterocycles. The fourth-order valence-corrected chi connectivity index (χ4v) is 3.98. The highest BCUT2D eigenvalue weighted by Gasteiger charge is 2.39. The van der Waals surface area contributed by atoms with Gasteiger partial charge in [0.05, 0.1) is 0 Å². The number of hydrogen-bond acceptors (Lipinski definition) is 4. The third kappa shape index (κ3) is 4.70. The Morgan fingerprint density at radius 1 is 1.13 bits per heavy atom. The van der Waals surface area contributed by atoms with Gasteiger partial charge in [0.2, 0.25) is 0 Å². The number of halogens is 1. The number of benzene rings is 2. The van der Waals surface area contributed by atoms with Gasteiger partial charge in [0, 0.05) is 21.6 Å². The fraction of sp³-hybridized carbons (Fsp3) is 0.0870. The SMILES string of the molecule is O=C(O)C(Cc1ccccc1)N1C(=O)/C(=C/c2ccc(-c3ccc(I)cc3)o2)NC1=S. The van der Waals surface area contributed by atoms with Crippen LogP contribution in [-0.4, -0.2) is 33.0 Å². The molecule has 31 heavy (non-hydrogen) atoms. The first-order chi connectivity index (χ1) is 14.9. The van der Waals surface area contributed by atoms with Gasteiger partial charge in [0.15, 0.2) is 5.11 Å². The minimum absolute atomic E-state index is 0.0593. The van der Waals surface area contributed by atoms with E-state index in [2.05, 4.69) is 27.9 Å². The number of carbonyl (C=O) groups excluding carboxylic acids is 1. The van der Waals surface area contributed by atoms with Crippen molar-refractivity contribution in [2.45, 2.75) is 12.5 Å². The van der Waals surface area contributed by atoms with E-state index >= 15 is 0 Å². The van der Waals surface area contributed by atoms with Crippen LogP contribution in [0.15, 0.2) is 76.8 Å². The standard InChI is InChI=1S/C23H17IN2O4S/c24-16-8-6-15(7-9-16)20-11-10-17(30-20)13-18-21(27)26(23(31)25-18)19(22(28)29)12-14-4-2-1-3-5-14/h1-11,13,19H,12H2,(H,25,31)(H,28,29)/b18-13-. The number of thiocarbonyl (C=S) groups is 1. The first-order valence-electron chi connectivity index (χ1n) is 9.41. The Balaban J connectivity index is 1.56. The van der Waals surface area contributed by atoms with E-state index in [9.17, 15) is 14.7 Å². The van der Waals surface area contributed by atoms with E-state index in [0.717, 1.165) is 19.6 Å². The summed E-state index contributed by atoms with van der Waals surface area (Å²) in [7, 11) is 0. The molecule has 6 nitrogen and oxygen atoms in total. The van der Waals surface area contributed by atoms with Gasteiger partial charge in [-0.05, 0) is 64.6 Å². The number of rotatable bonds is 6. The second kappa shape index (κ2) is 9.03. The van der Waals surface area contributed by atoms with Crippen molar-refractivity contribution in [2.75, 3.05) is 0 Å². The molecule has 0 spiro atoms. The van der Waals surface area contributed by atoms with Gasteiger partial charge in [-0.25, -0.2) is 4.79 Å². The van der Waals surface area contributed by atoms with E-state index in [1.54, 1.807) is 6.07 Å². The van der Waals surface area contributed by atoms with Crippen LogP contribution in [0.4, 0.5) is 0 Å². The molecule has 2 aromatic carbocycles. The third-order valence-corrected chi connectivity index (χ3v) is 5.84. The Morgan fingerprint density at radius 2 is 1.84 bits per heavy atom. The molecule has 8 heteroatoms. The second-order valence-electron chi connectivity index (χ2n) is 6.92. The van der Waals surface area contributed by atoms with Gasteiger partial charge in [-0.2, -0.15) is 0 Å². The van der Waals surface area contributed by atoms with Gasteiger partial charge in [0.25, 0.3) is 5.91 Å². The van der Waals surface area contributed by atoms with E-state index in [0.29, 0.717) is 11.5 Å². The molecule has 0 aliphatic carbocycles. The zero-order valence-corrected chi connectivity index (χ0v) is 19.1. The summed E-state index contributed by atoms with van der Waals surface area (Å²) < 4.78 is 6.96. The molecule has 1 amide bonds. The number of carboxylic acids is 1. The summed E-state index contributed by atoms with van der Waals surface area (Å²) in [5.74, 6) is -0.494. The van der Waals surface area contributed by atoms with Gasteiger partial charge in [0.1, 0.15) is 23.3 Å². The molecule has 0 radical (unpaired) electrons. The van der Waals surface area contributed by atoms with E-state index < -0.39 is 17.9 Å². The summed E-state index contributed by atoms with van der Waals surface area (Å²) in [5.41, 5.74) is 1.89. The van der Waals surface area contributed by atoms with E-state index in [1.165, 1.54) is 6.08 Å². The van der Waals surface area contributed by atoms with E-state index in [-0.39, 0.29) is 17.2 Å². The molecular formula is C23H17IN2O4S. The Bertz CT molecular complexity index is 1170. The smallest absolute Gasteiger partial charge is 0.327 e. The van der Waals surface area contributed by atoms with Crippen LogP contribution in [-0.2, 0) is 16.0 Å². The average Bonchev–Trinajstić information content (AvgIpc) is 3.32. The molecule has 3 aromatic rings. The third-order valence-electron chi connectivity index (χ3n) is 4.82. The minimum atomic E-state index is -1.12. The summed E-state index contributed by atoms with van der Waals surface area (Å²) >= 11 is 7.51. The number of aliphatic carboxylic acids is 1. The molecule has 1 aliphatic rings. The normalized spacial score (nSPS) is 15.9. The van der Waals surface area contributed by atoms with E-state index in [1.807, 2.05) is 60.7 Å². The summed E-state index contributed by atoms with van der Waals surface area (Å²) in [6.45, 7) is 0. The quantitative estimate of drug-likeness (QED) is 0.274. The minimum Gasteiger partial charge on any atom is -0.480 e. The number of carbonyl (C=O) groups is 2. The maximum absolute atomic E-state index is 13.0. The van der Waals surface area contributed by atoms with Crippen LogP contribution >= 0.6 is 34.8 Å². The predicted octanol–water partition coefficient (Wildman–Crippen LogP) is 4.30. The zero-order chi connectivity index (χ0) is 22.0. The van der Waals surface area contributed by atoms with Crippen LogP contribution in [0.3, 0.4) is 0 Å². The van der Waals surface area contributed by atoms with Crippen molar-refractivity contribution in [1.29, 1.82) is 0 Å². The highest BCUT2D eigenvalue weighted by molar-refractivity contribution is 14.1. The summed E-state index contributed by atoms with van der Waals surface area (Å²) in [6.07, 6.45) is 1.68. The lowest BCUT2D eigenvalue weighted by atomic mass is 10.0. The molecule has 1 fully saturated rings. The summed E-state index contributed by atoms with van der Waals surface area (Å²) in [6, 6.07) is 19.5. The van der Waals surface area contributed by atoms with Crippen molar-refractivity contribution in [3.8, 4) is 11.3 Å². The number of amides is 1. The number of nitrogens with zero attached hydrogens (tertiary/aromatic N) is 1. The Labute approximate surface area is 197 Å². The first kappa shape index (κ1) is 21.3. The van der Waals surface area contributed by atoms with Gasteiger partial charge >= 0.3 is 5.97 Å². The van der Waals surface area contributed by atoms with Crippen LogP contribution in [0.2, 0.25) is 0 Å². The zero-order valence-electron chi connectivity index (χ0n) is 16.1. The topological polar surface area (TPSA) is 82.8 Å². The molecule has 156 valence electrons. The highest BCUT2D eigenvalue weighted by Crippen LogP contribution is 2.25. The number of nitrogens with one attached hydrogen (secondary N) is 1. The highest BCUT2D eigenvalue weighted by atomic mass is 127. The molecule has 0 saturated carbocycles. The Kier molecular flexibility index (Phi) is 6.19. The summed E-state index contributed by atoms with van der Waals surface area (Å²) in [5, 5.41) is 12.6. The molecule has 1 atom stereocenters. The maximum atomic E-state index is 13.0. The van der Waals surface area contributed by atoms with Crippen molar-refractivity contribution in [1.82, 2.24) is 10.2 Å². The van der Waals surface area contributed by atoms with Crippen LogP contribution in [0, 0.1) is 3.57 Å². The van der Waals surface area contributed by atoms with Crippen molar-refractivity contribution in [3.05, 3.63) is 87.3 Å². The maximum Gasteiger partial charge on any atom is 0.327 e. The second-order valence-corrected chi connectivity index (χ2v) is 8.55. The van der Waals surface area contributed by atoms with Crippen molar-refractivity contribution < 1.29 is 19.1 Å². The molecule has 1 aromatic heterocycles. The molecule has 4 rings (SSSR count). The van der Waals surface area contributed by atoms with Gasteiger partial charge in [-0.1, -0.05) is 42.5 Å². The van der Waals surface area contributed by atoms with Gasteiger partial charge in [-0.3, -0.25) is 9.69 Å². The largest absolute Gasteiger partial charge is 0.480 e. The number of furan rings is 1. The Morgan fingerprint density at radius 3 is 2.52 bits per heavy atom. The molecule has 1 aliphatic heterocycles. The molecule has 1 saturated heterocycles. The van der Waals surface area contributed by atoms with Crippen LogP contribution in [0.5, 0.6) is 0 Å². The number of carboxylic acid groups (broad SMARTS) is 1. The van der Waals surface area contributed by atoms with Crippen molar-refractivity contribution in [2.24, 2.45) is 0 Å². The molecule has 1 unspecified atom stereocenters. The van der Waals surface area contributed by atoms with Gasteiger partial charge in [-0.15, -0.1) is 0 Å². The first-order valence-corrected chi connectivity index (χ1v) is 10.9. The molecular weight excluding hydrogens is 527 g/mol. The average molecular weight is 544 g/mol. The summed E-state index contributed by atoms with van der Waals surface area (Å²) in [4.78, 5) is 26.0. The van der Waals surface area contributed by atoms with Crippen molar-refractivity contribution >= 4 is 57.9 Å². The van der Waals surface area contributed by atoms with Crippen LogP contribution < -0.4 is 5.32 Å². The van der Waals surface area contributed by atoms with Gasteiger partial charge < -0.3 is 14.8 Å². The predicted molar refractivity (Wildman–Crippen MR) is 129 cm³/mol. The fourth-order valence-electron chi connectivity index (χ4n) is 3.30. The molecule has 0 bridgehead atoms. The Hall–Kier alpha value is -2.98. The van der Waals surface area contributed by atoms with Crippen LogP contribution in [0.1, 0.15) is 11.3 Å². The van der Waals surface area contributed by atoms with E-state index in [4.69, 9.17) is 16.6 Å². The number of hydrogen-bond donors (Lipinski definition) is 2. The molecule has 2 N–H and O–H groups in total. The van der Waals surface area contributed by atoms with Crippen LogP contribution in [0.25, 0.3) is 17.4 Å². The lowest BCUT2D eigenvalue weighted by Gasteiger charge is -2.22. The lowest BCUT2D eigenvalue weighted by molar-refractivity contribution is -0.145.